The third-order valence-electron chi connectivity index (χ3n) is 2.59. The summed E-state index contributed by atoms with van der Waals surface area (Å²) >= 11 is 4.35. The summed E-state index contributed by atoms with van der Waals surface area (Å²) in [5.74, 6) is 1.41. The lowest BCUT2D eigenvalue weighted by Gasteiger charge is -2.33. The van der Waals surface area contributed by atoms with Crippen molar-refractivity contribution >= 4 is 12.6 Å². The molecule has 78 valence electrons. The van der Waals surface area contributed by atoms with Gasteiger partial charge < -0.3 is 9.47 Å². The smallest absolute Gasteiger partial charge is 0.104 e. The molecular weight excluding hydrogens is 184 g/mol. The zero-order chi connectivity index (χ0) is 9.90. The molecule has 0 amide bonds. The van der Waals surface area contributed by atoms with Gasteiger partial charge in [-0.2, -0.15) is 12.6 Å². The Hall–Kier alpha value is 0.270. The molecule has 0 aromatic heterocycles. The van der Waals surface area contributed by atoms with E-state index >= 15 is 0 Å². The molecule has 1 aliphatic heterocycles. The van der Waals surface area contributed by atoms with Gasteiger partial charge in [0.05, 0.1) is 19.8 Å². The topological polar surface area (TPSA) is 18.5 Å². The van der Waals surface area contributed by atoms with Crippen molar-refractivity contribution < 1.29 is 9.47 Å². The number of hydrogen-bond donors (Lipinski definition) is 1. The first-order valence-corrected chi connectivity index (χ1v) is 5.47. The van der Waals surface area contributed by atoms with Crippen LogP contribution in [0.25, 0.3) is 0 Å². The van der Waals surface area contributed by atoms with E-state index < -0.39 is 0 Å². The summed E-state index contributed by atoms with van der Waals surface area (Å²) in [7, 11) is 0. The molecule has 0 saturated carbocycles. The maximum atomic E-state index is 5.68. The lowest BCUT2D eigenvalue weighted by atomic mass is 9.82. The summed E-state index contributed by atoms with van der Waals surface area (Å²) < 4.78 is 10.7. The van der Waals surface area contributed by atoms with Gasteiger partial charge in [0.2, 0.25) is 0 Å². The van der Waals surface area contributed by atoms with Gasteiger partial charge in [-0.3, -0.25) is 0 Å². The maximum absolute atomic E-state index is 5.68. The van der Waals surface area contributed by atoms with Crippen molar-refractivity contribution in [1.29, 1.82) is 0 Å². The third-order valence-corrected chi connectivity index (χ3v) is 3.03. The Morgan fingerprint density at radius 3 is 2.38 bits per heavy atom. The molecule has 1 heterocycles. The summed E-state index contributed by atoms with van der Waals surface area (Å²) in [6.07, 6.45) is 0.338. The molecule has 2 nitrogen and oxygen atoms in total. The molecule has 1 saturated heterocycles. The molecule has 1 fully saturated rings. The number of rotatable bonds is 4. The van der Waals surface area contributed by atoms with Gasteiger partial charge in [-0.1, -0.05) is 20.8 Å². The van der Waals surface area contributed by atoms with Crippen molar-refractivity contribution in [2.45, 2.75) is 26.9 Å². The van der Waals surface area contributed by atoms with Gasteiger partial charge in [-0.05, 0) is 17.1 Å². The standard InChI is InChI=1S/C10H20O2S/c1-10(2,3)8(7-13)4-12-9-5-11-6-9/h8-9,13H,4-7H2,1-3H3. The normalized spacial score (nSPS) is 21.2. The fourth-order valence-electron chi connectivity index (χ4n) is 1.14. The van der Waals surface area contributed by atoms with Crippen LogP contribution in [0, 0.1) is 11.3 Å². The van der Waals surface area contributed by atoms with E-state index in [9.17, 15) is 0 Å². The van der Waals surface area contributed by atoms with E-state index in [0.29, 0.717) is 12.0 Å². The molecule has 0 N–H and O–H groups in total. The Morgan fingerprint density at radius 2 is 2.08 bits per heavy atom. The van der Waals surface area contributed by atoms with Crippen LogP contribution in [0.2, 0.25) is 0 Å². The lowest BCUT2D eigenvalue weighted by molar-refractivity contribution is -0.139. The van der Waals surface area contributed by atoms with Gasteiger partial charge >= 0.3 is 0 Å². The van der Waals surface area contributed by atoms with Crippen molar-refractivity contribution in [3.63, 3.8) is 0 Å². The molecular formula is C10H20O2S. The van der Waals surface area contributed by atoms with Crippen LogP contribution in [0.15, 0.2) is 0 Å². The summed E-state index contributed by atoms with van der Waals surface area (Å²) in [6, 6.07) is 0. The molecule has 3 heteroatoms. The van der Waals surface area contributed by atoms with E-state index in [0.717, 1.165) is 25.6 Å². The molecule has 1 rings (SSSR count). The minimum absolute atomic E-state index is 0.284. The van der Waals surface area contributed by atoms with Gasteiger partial charge in [0.15, 0.2) is 0 Å². The highest BCUT2D eigenvalue weighted by molar-refractivity contribution is 7.80. The molecule has 13 heavy (non-hydrogen) atoms. The van der Waals surface area contributed by atoms with Gasteiger partial charge in [0.1, 0.15) is 6.10 Å². The van der Waals surface area contributed by atoms with Crippen LogP contribution >= 0.6 is 12.6 Å². The van der Waals surface area contributed by atoms with Crippen molar-refractivity contribution in [2.75, 3.05) is 25.6 Å². The predicted molar refractivity (Wildman–Crippen MR) is 57.4 cm³/mol. The first-order valence-electron chi connectivity index (χ1n) is 4.84. The van der Waals surface area contributed by atoms with E-state index in [2.05, 4.69) is 33.4 Å². The van der Waals surface area contributed by atoms with Crippen molar-refractivity contribution in [1.82, 2.24) is 0 Å². The van der Waals surface area contributed by atoms with Crippen molar-refractivity contribution in [2.24, 2.45) is 11.3 Å². The molecule has 1 unspecified atom stereocenters. The lowest BCUT2D eigenvalue weighted by Crippen LogP contribution is -2.39. The van der Waals surface area contributed by atoms with Gasteiger partial charge in [0.25, 0.3) is 0 Å². The minimum Gasteiger partial charge on any atom is -0.376 e. The fraction of sp³-hybridized carbons (Fsp3) is 1.00. The summed E-state index contributed by atoms with van der Waals surface area (Å²) in [4.78, 5) is 0. The number of ether oxygens (including phenoxy) is 2. The molecule has 0 aromatic carbocycles. The van der Waals surface area contributed by atoms with Gasteiger partial charge in [0, 0.05) is 0 Å². The highest BCUT2D eigenvalue weighted by Gasteiger charge is 2.26. The average Bonchev–Trinajstić information content (AvgIpc) is 1.91. The Morgan fingerprint density at radius 1 is 1.46 bits per heavy atom. The maximum Gasteiger partial charge on any atom is 0.104 e. The molecule has 1 atom stereocenters. The van der Waals surface area contributed by atoms with Crippen LogP contribution in [0.5, 0.6) is 0 Å². The SMILES string of the molecule is CC(C)(C)C(CS)COC1COC1. The summed E-state index contributed by atoms with van der Waals surface area (Å²) in [6.45, 7) is 9.03. The van der Waals surface area contributed by atoms with Crippen LogP contribution in [0.4, 0.5) is 0 Å². The monoisotopic (exact) mass is 204 g/mol. The molecule has 0 aliphatic carbocycles. The van der Waals surface area contributed by atoms with E-state index in [-0.39, 0.29) is 5.41 Å². The van der Waals surface area contributed by atoms with Crippen molar-refractivity contribution in [3.05, 3.63) is 0 Å². The zero-order valence-electron chi connectivity index (χ0n) is 8.75. The zero-order valence-corrected chi connectivity index (χ0v) is 9.64. The minimum atomic E-state index is 0.284. The third kappa shape index (κ3) is 3.49. The van der Waals surface area contributed by atoms with Crippen LogP contribution < -0.4 is 0 Å². The van der Waals surface area contributed by atoms with Gasteiger partial charge in [-0.15, -0.1) is 0 Å². The molecule has 0 bridgehead atoms. The first-order chi connectivity index (χ1) is 6.04. The van der Waals surface area contributed by atoms with Crippen LogP contribution in [-0.4, -0.2) is 31.7 Å². The summed E-state index contributed by atoms with van der Waals surface area (Å²) in [5, 5.41) is 0. The largest absolute Gasteiger partial charge is 0.376 e. The Balaban J connectivity index is 2.22. The Labute approximate surface area is 86.4 Å². The Bertz CT molecular complexity index is 149. The van der Waals surface area contributed by atoms with Gasteiger partial charge in [-0.25, -0.2) is 0 Å². The second-order valence-corrected chi connectivity index (χ2v) is 5.10. The highest BCUT2D eigenvalue weighted by Crippen LogP contribution is 2.27. The van der Waals surface area contributed by atoms with E-state index in [1.54, 1.807) is 0 Å². The highest BCUT2D eigenvalue weighted by atomic mass is 32.1. The number of hydrogen-bond acceptors (Lipinski definition) is 3. The van der Waals surface area contributed by atoms with Crippen LogP contribution in [0.3, 0.4) is 0 Å². The van der Waals surface area contributed by atoms with Crippen molar-refractivity contribution in [3.8, 4) is 0 Å². The fourth-order valence-corrected chi connectivity index (χ4v) is 1.79. The van der Waals surface area contributed by atoms with E-state index in [1.165, 1.54) is 0 Å². The second-order valence-electron chi connectivity index (χ2n) is 4.74. The first kappa shape index (κ1) is 11.3. The average molecular weight is 204 g/mol. The van der Waals surface area contributed by atoms with E-state index in [1.807, 2.05) is 0 Å². The number of thiol groups is 1. The van der Waals surface area contributed by atoms with E-state index in [4.69, 9.17) is 9.47 Å². The molecule has 0 aromatic rings. The van der Waals surface area contributed by atoms with Crippen LogP contribution in [0.1, 0.15) is 20.8 Å². The molecule has 1 aliphatic rings. The Kier molecular flexibility index (Phi) is 4.07. The second kappa shape index (κ2) is 4.67. The molecule has 0 spiro atoms. The predicted octanol–water partition coefficient (Wildman–Crippen LogP) is 1.99. The quantitative estimate of drug-likeness (QED) is 0.706. The molecule has 0 radical (unpaired) electrons. The van der Waals surface area contributed by atoms with Crippen LogP contribution in [-0.2, 0) is 9.47 Å². The summed E-state index contributed by atoms with van der Waals surface area (Å²) in [5.41, 5.74) is 0.284.